The van der Waals surface area contributed by atoms with E-state index < -0.39 is 5.60 Å². The Bertz CT molecular complexity index is 484. The highest BCUT2D eigenvalue weighted by molar-refractivity contribution is 5.94. The summed E-state index contributed by atoms with van der Waals surface area (Å²) in [4.78, 5) is 14.0. The molecule has 1 fully saturated rings. The second kappa shape index (κ2) is 5.09. The molecule has 1 unspecified atom stereocenters. The van der Waals surface area contributed by atoms with Gasteiger partial charge in [0, 0.05) is 18.7 Å². The van der Waals surface area contributed by atoms with Crippen molar-refractivity contribution >= 4 is 5.91 Å². The molecule has 0 aliphatic carbocycles. The first-order valence-electron chi connectivity index (χ1n) is 6.43. The molecule has 1 saturated heterocycles. The van der Waals surface area contributed by atoms with Gasteiger partial charge in [-0.05, 0) is 44.4 Å². The Kier molecular flexibility index (Phi) is 3.66. The highest BCUT2D eigenvalue weighted by atomic mass is 16.3. The number of carbonyl (C=O) groups is 1. The van der Waals surface area contributed by atoms with Crippen LogP contribution in [0.3, 0.4) is 0 Å². The van der Waals surface area contributed by atoms with Crippen LogP contribution in [0.15, 0.2) is 18.2 Å². The Balaban J connectivity index is 2.13. The van der Waals surface area contributed by atoms with Gasteiger partial charge >= 0.3 is 0 Å². The van der Waals surface area contributed by atoms with E-state index in [1.54, 1.807) is 11.8 Å². The van der Waals surface area contributed by atoms with Crippen LogP contribution in [0.4, 0.5) is 0 Å². The summed E-state index contributed by atoms with van der Waals surface area (Å²) in [5.74, 6) is -0.726. The highest BCUT2D eigenvalue weighted by Crippen LogP contribution is 2.27. The molecule has 0 aromatic heterocycles. The van der Waals surface area contributed by atoms with Crippen LogP contribution in [0.5, 0.6) is 11.5 Å². The van der Waals surface area contributed by atoms with Gasteiger partial charge in [0.25, 0.3) is 5.91 Å². The van der Waals surface area contributed by atoms with Crippen LogP contribution >= 0.6 is 0 Å². The molecule has 0 spiro atoms. The molecule has 1 aromatic rings. The summed E-state index contributed by atoms with van der Waals surface area (Å²) in [6.45, 7) is 2.87. The molecule has 1 aromatic carbocycles. The van der Waals surface area contributed by atoms with Crippen molar-refractivity contribution in [2.24, 2.45) is 0 Å². The summed E-state index contributed by atoms with van der Waals surface area (Å²) in [7, 11) is 0. The Morgan fingerprint density at radius 3 is 2.63 bits per heavy atom. The number of aromatic hydroxyl groups is 2. The molecule has 1 heterocycles. The number of hydrogen-bond donors (Lipinski definition) is 3. The number of hydrogen-bond acceptors (Lipinski definition) is 4. The lowest BCUT2D eigenvalue weighted by Gasteiger charge is -2.22. The number of carbonyl (C=O) groups excluding carboxylic acids is 1. The quantitative estimate of drug-likeness (QED) is 0.672. The summed E-state index contributed by atoms with van der Waals surface area (Å²) in [6.07, 6.45) is 1.98. The molecular formula is C14H19NO4. The van der Waals surface area contributed by atoms with Gasteiger partial charge in [-0.15, -0.1) is 0 Å². The summed E-state index contributed by atoms with van der Waals surface area (Å²) >= 11 is 0. The molecule has 19 heavy (non-hydrogen) atoms. The normalized spacial score (nSPS) is 24.0. The second-order valence-electron chi connectivity index (χ2n) is 5.35. The maximum Gasteiger partial charge on any atom is 0.253 e. The van der Waals surface area contributed by atoms with E-state index in [9.17, 15) is 20.1 Å². The van der Waals surface area contributed by atoms with Crippen LogP contribution in [0, 0.1) is 0 Å². The van der Waals surface area contributed by atoms with Gasteiger partial charge in [-0.25, -0.2) is 0 Å². The molecule has 2 rings (SSSR count). The van der Waals surface area contributed by atoms with Gasteiger partial charge < -0.3 is 20.2 Å². The fraction of sp³-hybridized carbons (Fsp3) is 0.500. The Hall–Kier alpha value is -1.75. The van der Waals surface area contributed by atoms with Crippen molar-refractivity contribution in [1.29, 1.82) is 0 Å². The van der Waals surface area contributed by atoms with Gasteiger partial charge in [0.05, 0.1) is 5.60 Å². The molecule has 0 saturated carbocycles. The lowest BCUT2D eigenvalue weighted by molar-refractivity contribution is 0.0438. The fourth-order valence-electron chi connectivity index (χ4n) is 2.31. The van der Waals surface area contributed by atoms with E-state index in [1.165, 1.54) is 18.2 Å². The zero-order valence-corrected chi connectivity index (χ0v) is 11.0. The standard InChI is InChI=1S/C14H19NO4/c1-14(19)5-2-7-15(8-6-14)13(18)10-3-4-11(16)12(17)9-10/h3-4,9,16-17,19H,2,5-8H2,1H3. The number of phenolic OH excluding ortho intramolecular Hbond substituents is 2. The van der Waals surface area contributed by atoms with Gasteiger partial charge in [0.2, 0.25) is 0 Å². The minimum atomic E-state index is -0.716. The van der Waals surface area contributed by atoms with Gasteiger partial charge in [-0.3, -0.25) is 4.79 Å². The number of likely N-dealkylation sites (tertiary alicyclic amines) is 1. The molecule has 104 valence electrons. The number of aliphatic hydroxyl groups is 1. The molecule has 0 radical (unpaired) electrons. The number of rotatable bonds is 1. The maximum atomic E-state index is 12.3. The van der Waals surface area contributed by atoms with Crippen molar-refractivity contribution < 1.29 is 20.1 Å². The first-order chi connectivity index (χ1) is 8.89. The molecule has 3 N–H and O–H groups in total. The zero-order chi connectivity index (χ0) is 14.0. The molecule has 1 aliphatic rings. The molecule has 0 bridgehead atoms. The van der Waals surface area contributed by atoms with Crippen LogP contribution in [0.25, 0.3) is 0 Å². The largest absolute Gasteiger partial charge is 0.504 e. The van der Waals surface area contributed by atoms with Gasteiger partial charge in [0.1, 0.15) is 0 Å². The van der Waals surface area contributed by atoms with Crippen molar-refractivity contribution in [2.75, 3.05) is 13.1 Å². The van der Waals surface area contributed by atoms with Crippen molar-refractivity contribution in [3.8, 4) is 11.5 Å². The van der Waals surface area contributed by atoms with E-state index in [4.69, 9.17) is 0 Å². The van der Waals surface area contributed by atoms with Crippen molar-refractivity contribution in [3.63, 3.8) is 0 Å². The van der Waals surface area contributed by atoms with Crippen LogP contribution in [-0.2, 0) is 0 Å². The smallest absolute Gasteiger partial charge is 0.253 e. The Morgan fingerprint density at radius 2 is 1.95 bits per heavy atom. The number of amides is 1. The summed E-state index contributed by atoms with van der Waals surface area (Å²) in [6, 6.07) is 4.05. The second-order valence-corrected chi connectivity index (χ2v) is 5.35. The SMILES string of the molecule is CC1(O)CCCN(C(=O)c2ccc(O)c(O)c2)CC1. The van der Waals surface area contributed by atoms with Crippen LogP contribution in [-0.4, -0.2) is 44.8 Å². The lowest BCUT2D eigenvalue weighted by atomic mass is 9.98. The topological polar surface area (TPSA) is 81.0 Å². The van der Waals surface area contributed by atoms with E-state index >= 15 is 0 Å². The molecule has 1 atom stereocenters. The summed E-state index contributed by atoms with van der Waals surface area (Å²) in [5, 5.41) is 28.7. The van der Waals surface area contributed by atoms with Gasteiger partial charge in [-0.2, -0.15) is 0 Å². The molecule has 1 amide bonds. The van der Waals surface area contributed by atoms with Crippen molar-refractivity contribution in [3.05, 3.63) is 23.8 Å². The van der Waals surface area contributed by atoms with E-state index in [0.29, 0.717) is 31.5 Å². The van der Waals surface area contributed by atoms with E-state index in [-0.39, 0.29) is 17.4 Å². The Labute approximate surface area is 112 Å². The molecular weight excluding hydrogens is 246 g/mol. The first-order valence-corrected chi connectivity index (χ1v) is 6.43. The fourth-order valence-corrected chi connectivity index (χ4v) is 2.31. The summed E-state index contributed by atoms with van der Waals surface area (Å²) < 4.78 is 0. The third-order valence-corrected chi connectivity index (χ3v) is 3.57. The zero-order valence-electron chi connectivity index (χ0n) is 11.0. The predicted molar refractivity (Wildman–Crippen MR) is 70.1 cm³/mol. The van der Waals surface area contributed by atoms with E-state index in [0.717, 1.165) is 6.42 Å². The van der Waals surface area contributed by atoms with Gasteiger partial charge in [-0.1, -0.05) is 0 Å². The minimum Gasteiger partial charge on any atom is -0.504 e. The third-order valence-electron chi connectivity index (χ3n) is 3.57. The van der Waals surface area contributed by atoms with E-state index in [1.807, 2.05) is 0 Å². The maximum absolute atomic E-state index is 12.3. The first kappa shape index (κ1) is 13.7. The lowest BCUT2D eigenvalue weighted by Crippen LogP contribution is -2.33. The van der Waals surface area contributed by atoms with E-state index in [2.05, 4.69) is 0 Å². The number of benzene rings is 1. The monoisotopic (exact) mass is 265 g/mol. The van der Waals surface area contributed by atoms with Crippen LogP contribution in [0.1, 0.15) is 36.5 Å². The average molecular weight is 265 g/mol. The predicted octanol–water partition coefficient (Wildman–Crippen LogP) is 1.47. The third kappa shape index (κ3) is 3.17. The summed E-state index contributed by atoms with van der Waals surface area (Å²) in [5.41, 5.74) is -0.372. The average Bonchev–Trinajstić information content (AvgIpc) is 2.53. The van der Waals surface area contributed by atoms with Crippen molar-refractivity contribution in [2.45, 2.75) is 31.8 Å². The highest BCUT2D eigenvalue weighted by Gasteiger charge is 2.27. The molecule has 5 nitrogen and oxygen atoms in total. The van der Waals surface area contributed by atoms with Gasteiger partial charge in [0.15, 0.2) is 11.5 Å². The molecule has 1 aliphatic heterocycles. The van der Waals surface area contributed by atoms with Crippen molar-refractivity contribution in [1.82, 2.24) is 4.90 Å². The number of phenols is 2. The number of nitrogens with zero attached hydrogens (tertiary/aromatic N) is 1. The van der Waals surface area contributed by atoms with Crippen LogP contribution < -0.4 is 0 Å². The Morgan fingerprint density at radius 1 is 1.21 bits per heavy atom. The molecule has 5 heteroatoms. The minimum absolute atomic E-state index is 0.187. The van der Waals surface area contributed by atoms with Crippen LogP contribution in [0.2, 0.25) is 0 Å².